The van der Waals surface area contributed by atoms with E-state index < -0.39 is 11.8 Å². The number of aryl methyl sites for hydroxylation is 2. The van der Waals surface area contributed by atoms with Crippen LogP contribution in [0.3, 0.4) is 0 Å². The minimum Gasteiger partial charge on any atom is -0.493 e. The van der Waals surface area contributed by atoms with Crippen LogP contribution >= 0.6 is 0 Å². The van der Waals surface area contributed by atoms with Crippen molar-refractivity contribution in [2.45, 2.75) is 57.8 Å². The summed E-state index contributed by atoms with van der Waals surface area (Å²) in [6.07, 6.45) is 1.17. The molecule has 3 heterocycles. The number of fused-ring (bicyclic) bond motifs is 5. The van der Waals surface area contributed by atoms with E-state index in [1.54, 1.807) is 12.0 Å². The molecule has 5 rings (SSSR count). The molecule has 2 aliphatic rings. The van der Waals surface area contributed by atoms with Crippen molar-refractivity contribution in [3.8, 4) is 17.2 Å². The van der Waals surface area contributed by atoms with Crippen LogP contribution in [0.5, 0.6) is 17.2 Å². The lowest BCUT2D eigenvalue weighted by Gasteiger charge is -2.39. The predicted octanol–water partition coefficient (Wildman–Crippen LogP) is 1.93. The highest BCUT2D eigenvalue weighted by Gasteiger charge is 2.33. The van der Waals surface area contributed by atoms with E-state index >= 15 is 0 Å². The van der Waals surface area contributed by atoms with E-state index in [9.17, 15) is 19.2 Å². The second-order valence-electron chi connectivity index (χ2n) is 10.9. The molecule has 3 amide bonds. The van der Waals surface area contributed by atoms with Gasteiger partial charge in [0.1, 0.15) is 11.6 Å². The molecule has 0 radical (unpaired) electrons. The van der Waals surface area contributed by atoms with Crippen LogP contribution in [-0.2, 0) is 38.6 Å². The van der Waals surface area contributed by atoms with Gasteiger partial charge in [0.05, 0.1) is 32.4 Å². The van der Waals surface area contributed by atoms with Gasteiger partial charge < -0.3 is 29.3 Å². The molecule has 0 spiro atoms. The Morgan fingerprint density at radius 1 is 1.11 bits per heavy atom. The zero-order valence-corrected chi connectivity index (χ0v) is 25.0. The largest absolute Gasteiger partial charge is 0.493 e. The normalized spacial score (nSPS) is 19.7. The molecule has 0 saturated carbocycles. The van der Waals surface area contributed by atoms with E-state index in [0.717, 1.165) is 11.1 Å². The highest BCUT2D eigenvalue weighted by atomic mass is 16.5. The molecule has 0 unspecified atom stereocenters. The van der Waals surface area contributed by atoms with Gasteiger partial charge in [-0.3, -0.25) is 19.4 Å². The van der Waals surface area contributed by atoms with Crippen molar-refractivity contribution < 1.29 is 28.6 Å². The Hall–Kier alpha value is -4.65. The maximum atomic E-state index is 13.2. The third-order valence-electron chi connectivity index (χ3n) is 7.90. The molecule has 2 atom stereocenters. The van der Waals surface area contributed by atoms with Gasteiger partial charge in [-0.2, -0.15) is 5.10 Å². The maximum Gasteiger partial charge on any atom is 0.340 e. The van der Waals surface area contributed by atoms with Gasteiger partial charge in [-0.25, -0.2) is 9.89 Å². The minimum absolute atomic E-state index is 0.0674. The fraction of sp³-hybridized carbons (Fsp3) is 0.452. The molecule has 3 aromatic rings. The highest BCUT2D eigenvalue weighted by molar-refractivity contribution is 5.85. The SMILES string of the molecule is CCN1CC(=O)N[C@H]2CCN(C(=O)CCc3n[nH]c(=O)[nH]3)C[C@@H]2OCc2cccc(c2)Oc2cc(ccc2OC)CCC1=O. The zero-order chi connectivity index (χ0) is 31.1. The summed E-state index contributed by atoms with van der Waals surface area (Å²) in [5.74, 6) is 1.61. The molecule has 4 bridgehead atoms. The van der Waals surface area contributed by atoms with Crippen molar-refractivity contribution >= 4 is 17.7 Å². The van der Waals surface area contributed by atoms with Gasteiger partial charge in [0.15, 0.2) is 11.5 Å². The number of benzene rings is 2. The molecule has 13 heteroatoms. The number of likely N-dealkylation sites (tertiary alicyclic amines) is 1. The van der Waals surface area contributed by atoms with Gasteiger partial charge in [-0.1, -0.05) is 18.2 Å². The first-order valence-electron chi connectivity index (χ1n) is 14.8. The van der Waals surface area contributed by atoms with Crippen molar-refractivity contribution in [1.82, 2.24) is 30.3 Å². The summed E-state index contributed by atoms with van der Waals surface area (Å²) in [6, 6.07) is 12.7. The number of aromatic amines is 2. The second kappa shape index (κ2) is 14.2. The molecule has 0 aliphatic carbocycles. The number of carbonyl (C=O) groups excluding carboxylic acids is 3. The first-order valence-corrected chi connectivity index (χ1v) is 14.8. The number of hydrogen-bond acceptors (Lipinski definition) is 8. The molecule has 1 fully saturated rings. The summed E-state index contributed by atoms with van der Waals surface area (Å²) < 4.78 is 18.1. The molecule has 2 aliphatic heterocycles. The Labute approximate surface area is 254 Å². The molecule has 13 nitrogen and oxygen atoms in total. The van der Waals surface area contributed by atoms with Crippen molar-refractivity contribution in [2.75, 3.05) is 33.3 Å². The highest BCUT2D eigenvalue weighted by Crippen LogP contribution is 2.33. The third-order valence-corrected chi connectivity index (χ3v) is 7.90. The van der Waals surface area contributed by atoms with Crippen LogP contribution < -0.4 is 20.5 Å². The quantitative estimate of drug-likeness (QED) is 0.397. The van der Waals surface area contributed by atoms with E-state index in [0.29, 0.717) is 55.4 Å². The molecule has 1 saturated heterocycles. The monoisotopic (exact) mass is 606 g/mol. The number of piperidine rings is 1. The Morgan fingerprint density at radius 2 is 1.98 bits per heavy atom. The number of carbonyl (C=O) groups is 3. The maximum absolute atomic E-state index is 13.2. The predicted molar refractivity (Wildman–Crippen MR) is 159 cm³/mol. The Kier molecular flexibility index (Phi) is 9.95. The lowest BCUT2D eigenvalue weighted by Crippen LogP contribution is -2.57. The topological polar surface area (TPSA) is 159 Å². The van der Waals surface area contributed by atoms with Crippen molar-refractivity contribution in [3.63, 3.8) is 0 Å². The number of nitrogens with one attached hydrogen (secondary N) is 3. The number of likely N-dealkylation sites (N-methyl/N-ethyl adjacent to an activating group) is 1. The van der Waals surface area contributed by atoms with E-state index in [1.165, 1.54) is 4.90 Å². The van der Waals surface area contributed by atoms with Crippen LogP contribution in [0.1, 0.15) is 43.1 Å². The molecule has 1 aromatic heterocycles. The van der Waals surface area contributed by atoms with Crippen LogP contribution in [-0.4, -0.2) is 88.1 Å². The van der Waals surface area contributed by atoms with Crippen molar-refractivity contribution in [1.29, 1.82) is 0 Å². The molecule has 3 N–H and O–H groups in total. The van der Waals surface area contributed by atoms with Crippen LogP contribution in [0.2, 0.25) is 0 Å². The first kappa shape index (κ1) is 30.8. The van der Waals surface area contributed by atoms with Crippen molar-refractivity contribution in [3.05, 3.63) is 69.9 Å². The van der Waals surface area contributed by atoms with E-state index in [-0.39, 0.29) is 56.3 Å². The number of amides is 3. The Morgan fingerprint density at radius 3 is 2.75 bits per heavy atom. The van der Waals surface area contributed by atoms with Crippen LogP contribution in [0.25, 0.3) is 0 Å². The summed E-state index contributed by atoms with van der Waals surface area (Å²) in [6.45, 7) is 3.10. The Balaban J connectivity index is 1.36. The number of nitrogens with zero attached hydrogens (tertiary/aromatic N) is 3. The molecule has 234 valence electrons. The summed E-state index contributed by atoms with van der Waals surface area (Å²) in [7, 11) is 1.57. The molecular formula is C31H38N6O7. The number of H-pyrrole nitrogens is 2. The first-order chi connectivity index (χ1) is 21.3. The molecule has 2 aromatic carbocycles. The van der Waals surface area contributed by atoms with Gasteiger partial charge in [0.25, 0.3) is 0 Å². The average molecular weight is 607 g/mol. The van der Waals surface area contributed by atoms with Crippen LogP contribution in [0.15, 0.2) is 47.3 Å². The zero-order valence-electron chi connectivity index (χ0n) is 25.0. The fourth-order valence-corrected chi connectivity index (χ4v) is 5.48. The fourth-order valence-electron chi connectivity index (χ4n) is 5.48. The molecular weight excluding hydrogens is 568 g/mol. The lowest BCUT2D eigenvalue weighted by atomic mass is 10.0. The minimum atomic E-state index is -0.493. The lowest BCUT2D eigenvalue weighted by molar-refractivity contribution is -0.139. The summed E-state index contributed by atoms with van der Waals surface area (Å²) in [5.41, 5.74) is 1.36. The summed E-state index contributed by atoms with van der Waals surface area (Å²) in [4.78, 5) is 56.5. The average Bonchev–Trinajstić information content (AvgIpc) is 3.45. The summed E-state index contributed by atoms with van der Waals surface area (Å²) >= 11 is 0. The van der Waals surface area contributed by atoms with Gasteiger partial charge in [0, 0.05) is 38.9 Å². The smallest absolute Gasteiger partial charge is 0.340 e. The number of ether oxygens (including phenoxy) is 3. The van der Waals surface area contributed by atoms with E-state index in [2.05, 4.69) is 20.5 Å². The van der Waals surface area contributed by atoms with Gasteiger partial charge in [-0.15, -0.1) is 0 Å². The number of methoxy groups -OCH3 is 1. The van der Waals surface area contributed by atoms with Gasteiger partial charge in [-0.05, 0) is 55.2 Å². The standard InChI is InChI=1S/C31H38N6O7/c1-3-36-18-28(38)32-23-13-14-37(30(40)12-10-27-33-31(41)35-34-27)17-26(23)43-19-21-5-4-6-22(15-21)44-25-16-20(8-11-29(36)39)7-9-24(25)42-2/h4-7,9,15-16,23,26H,3,8,10-14,17-19H2,1-2H3,(H,32,38)(H2,33,34,35,41)/t23-,26-/m0/s1. The Bertz CT molecular complexity index is 1540. The second-order valence-corrected chi connectivity index (χ2v) is 10.9. The van der Waals surface area contributed by atoms with E-state index in [4.69, 9.17) is 14.2 Å². The van der Waals surface area contributed by atoms with E-state index in [1.807, 2.05) is 49.4 Å². The number of aromatic nitrogens is 3. The number of hydrogen-bond donors (Lipinski definition) is 3. The number of rotatable bonds is 5. The third kappa shape index (κ3) is 7.84. The molecule has 44 heavy (non-hydrogen) atoms. The van der Waals surface area contributed by atoms with Crippen LogP contribution in [0, 0.1) is 0 Å². The van der Waals surface area contributed by atoms with Gasteiger partial charge in [0.2, 0.25) is 17.7 Å². The summed E-state index contributed by atoms with van der Waals surface area (Å²) in [5, 5.41) is 9.24. The van der Waals surface area contributed by atoms with Crippen molar-refractivity contribution in [2.24, 2.45) is 0 Å². The van der Waals surface area contributed by atoms with Crippen LogP contribution in [0.4, 0.5) is 0 Å². The van der Waals surface area contributed by atoms with Gasteiger partial charge >= 0.3 is 5.69 Å².